The van der Waals surface area contributed by atoms with Crippen LogP contribution in [-0.4, -0.2) is 40.0 Å². The molecule has 0 amide bonds. The maximum Gasteiger partial charge on any atom is 0.323 e. The average Bonchev–Trinajstić information content (AvgIpc) is 2.30. The number of phenolic OH excluding ortho intramolecular Hbond substituents is 2. The van der Waals surface area contributed by atoms with E-state index in [4.69, 9.17) is 20.7 Å². The monoisotopic (exact) mass is 255 g/mol. The zero-order valence-corrected chi connectivity index (χ0v) is 10.0. The number of aromatic hydroxyl groups is 2. The van der Waals surface area contributed by atoms with Crippen molar-refractivity contribution >= 4 is 5.97 Å². The molecule has 1 rings (SSSR count). The van der Waals surface area contributed by atoms with E-state index in [1.165, 1.54) is 19.1 Å². The summed E-state index contributed by atoms with van der Waals surface area (Å²) in [5.74, 6) is -1.12. The number of carbonyl (C=O) groups excluding carboxylic acids is 1. The molecule has 5 N–H and O–H groups in total. The van der Waals surface area contributed by atoms with Crippen molar-refractivity contribution in [2.24, 2.45) is 5.73 Å². The van der Waals surface area contributed by atoms with Gasteiger partial charge in [0.25, 0.3) is 0 Å². The maximum absolute atomic E-state index is 11.4. The first-order chi connectivity index (χ1) is 8.40. The molecular weight excluding hydrogens is 238 g/mol. The number of phenols is 2. The highest BCUT2D eigenvalue weighted by Crippen LogP contribution is 2.25. The van der Waals surface area contributed by atoms with Gasteiger partial charge in [0.15, 0.2) is 11.5 Å². The number of benzene rings is 1. The summed E-state index contributed by atoms with van der Waals surface area (Å²) in [6.07, 6.45) is -0.564. The van der Waals surface area contributed by atoms with E-state index in [0.29, 0.717) is 5.56 Å². The molecule has 0 aromatic heterocycles. The fourth-order valence-electron chi connectivity index (χ4n) is 1.34. The molecular formula is C12H17NO5. The maximum atomic E-state index is 11.4. The topological polar surface area (TPSA) is 113 Å². The molecule has 1 aromatic carbocycles. The molecule has 2 atom stereocenters. The molecule has 0 heterocycles. The third kappa shape index (κ3) is 4.23. The molecule has 0 fully saturated rings. The molecule has 0 aliphatic rings. The molecule has 1 unspecified atom stereocenters. The molecule has 0 aliphatic heterocycles. The predicted molar refractivity (Wildman–Crippen MR) is 64.1 cm³/mol. The number of esters is 1. The third-order valence-electron chi connectivity index (χ3n) is 2.26. The van der Waals surface area contributed by atoms with Crippen molar-refractivity contribution in [1.29, 1.82) is 0 Å². The van der Waals surface area contributed by atoms with E-state index in [1.807, 2.05) is 0 Å². The Morgan fingerprint density at radius 3 is 2.61 bits per heavy atom. The van der Waals surface area contributed by atoms with Gasteiger partial charge in [-0.3, -0.25) is 4.79 Å². The van der Waals surface area contributed by atoms with Gasteiger partial charge in [-0.05, 0) is 31.0 Å². The molecule has 100 valence electrons. The summed E-state index contributed by atoms with van der Waals surface area (Å²) >= 11 is 0. The van der Waals surface area contributed by atoms with Crippen LogP contribution in [-0.2, 0) is 16.0 Å². The van der Waals surface area contributed by atoms with Crippen LogP contribution in [0.2, 0.25) is 0 Å². The second-order valence-electron chi connectivity index (χ2n) is 4.11. The number of hydrogen-bond acceptors (Lipinski definition) is 6. The standard InChI is InChI=1S/C12H17NO5/c1-7(14)6-18-12(17)9(13)4-8-2-3-10(15)11(16)5-8/h2-3,5,7,9,14-16H,4,6,13H2,1H3/t7?,9-/m0/s1. The fraction of sp³-hybridized carbons (Fsp3) is 0.417. The lowest BCUT2D eigenvalue weighted by Crippen LogP contribution is -2.35. The first-order valence-electron chi connectivity index (χ1n) is 5.51. The van der Waals surface area contributed by atoms with Gasteiger partial charge < -0.3 is 25.8 Å². The lowest BCUT2D eigenvalue weighted by Gasteiger charge is -2.13. The summed E-state index contributed by atoms with van der Waals surface area (Å²) in [4.78, 5) is 11.4. The van der Waals surface area contributed by atoms with Gasteiger partial charge in [0.2, 0.25) is 0 Å². The van der Waals surface area contributed by atoms with Gasteiger partial charge in [0.05, 0.1) is 6.10 Å². The Balaban J connectivity index is 2.55. The van der Waals surface area contributed by atoms with E-state index in [9.17, 15) is 9.90 Å². The minimum absolute atomic E-state index is 0.104. The van der Waals surface area contributed by atoms with Crippen LogP contribution in [0, 0.1) is 0 Å². The molecule has 6 heteroatoms. The van der Waals surface area contributed by atoms with Crippen LogP contribution in [0.15, 0.2) is 18.2 Å². The number of aliphatic hydroxyl groups is 1. The molecule has 0 aliphatic carbocycles. The smallest absolute Gasteiger partial charge is 0.323 e. The minimum atomic E-state index is -0.882. The molecule has 6 nitrogen and oxygen atoms in total. The zero-order chi connectivity index (χ0) is 13.7. The number of nitrogens with two attached hydrogens (primary N) is 1. The van der Waals surface area contributed by atoms with Crippen molar-refractivity contribution in [2.75, 3.05) is 6.61 Å². The highest BCUT2D eigenvalue weighted by atomic mass is 16.5. The Morgan fingerprint density at radius 2 is 2.06 bits per heavy atom. The van der Waals surface area contributed by atoms with E-state index in [-0.39, 0.29) is 24.5 Å². The number of ether oxygens (including phenoxy) is 1. The lowest BCUT2D eigenvalue weighted by molar-refractivity contribution is -0.147. The Kier molecular flexibility index (Phi) is 4.94. The fourth-order valence-corrected chi connectivity index (χ4v) is 1.34. The third-order valence-corrected chi connectivity index (χ3v) is 2.26. The first kappa shape index (κ1) is 14.3. The molecule has 0 saturated carbocycles. The van der Waals surface area contributed by atoms with E-state index in [0.717, 1.165) is 0 Å². The van der Waals surface area contributed by atoms with Crippen molar-refractivity contribution in [3.63, 3.8) is 0 Å². The highest BCUT2D eigenvalue weighted by Gasteiger charge is 2.17. The average molecular weight is 255 g/mol. The Morgan fingerprint density at radius 1 is 1.39 bits per heavy atom. The molecule has 18 heavy (non-hydrogen) atoms. The van der Waals surface area contributed by atoms with Gasteiger partial charge in [-0.2, -0.15) is 0 Å². The van der Waals surface area contributed by atoms with Gasteiger partial charge in [0, 0.05) is 0 Å². The van der Waals surface area contributed by atoms with Crippen LogP contribution in [0.4, 0.5) is 0 Å². The van der Waals surface area contributed by atoms with Crippen LogP contribution < -0.4 is 5.73 Å². The van der Waals surface area contributed by atoms with Crippen molar-refractivity contribution in [3.8, 4) is 11.5 Å². The van der Waals surface area contributed by atoms with E-state index >= 15 is 0 Å². The number of carbonyl (C=O) groups is 1. The number of rotatable bonds is 5. The van der Waals surface area contributed by atoms with Crippen LogP contribution in [0.25, 0.3) is 0 Å². The molecule has 1 aromatic rings. The van der Waals surface area contributed by atoms with Crippen molar-refractivity contribution in [1.82, 2.24) is 0 Å². The van der Waals surface area contributed by atoms with Crippen LogP contribution in [0.1, 0.15) is 12.5 Å². The highest BCUT2D eigenvalue weighted by molar-refractivity contribution is 5.76. The number of hydrogen-bond donors (Lipinski definition) is 4. The molecule has 0 radical (unpaired) electrons. The second kappa shape index (κ2) is 6.23. The van der Waals surface area contributed by atoms with E-state index in [2.05, 4.69) is 0 Å². The SMILES string of the molecule is CC(O)COC(=O)[C@@H](N)Cc1ccc(O)c(O)c1. The van der Waals surface area contributed by atoms with Gasteiger partial charge in [-0.25, -0.2) is 0 Å². The van der Waals surface area contributed by atoms with Gasteiger partial charge in [0.1, 0.15) is 12.6 Å². The van der Waals surface area contributed by atoms with Crippen LogP contribution in [0.5, 0.6) is 11.5 Å². The molecule has 0 spiro atoms. The largest absolute Gasteiger partial charge is 0.504 e. The second-order valence-corrected chi connectivity index (χ2v) is 4.11. The summed E-state index contributed by atoms with van der Waals surface area (Å²) in [7, 11) is 0. The Hall–Kier alpha value is -1.79. The Labute approximate surface area is 105 Å². The molecule has 0 saturated heterocycles. The Bertz CT molecular complexity index is 419. The predicted octanol–water partition coefficient (Wildman–Crippen LogP) is -0.108. The quantitative estimate of drug-likeness (QED) is 0.431. The summed E-state index contributed by atoms with van der Waals surface area (Å²) in [5.41, 5.74) is 6.23. The summed E-state index contributed by atoms with van der Waals surface area (Å²) in [6.45, 7) is 1.39. The first-order valence-corrected chi connectivity index (χ1v) is 5.51. The van der Waals surface area contributed by atoms with Gasteiger partial charge in [-0.1, -0.05) is 6.07 Å². The minimum Gasteiger partial charge on any atom is -0.504 e. The number of aliphatic hydroxyl groups excluding tert-OH is 1. The lowest BCUT2D eigenvalue weighted by atomic mass is 10.1. The van der Waals surface area contributed by atoms with Gasteiger partial charge in [-0.15, -0.1) is 0 Å². The summed E-state index contributed by atoms with van der Waals surface area (Å²) in [5, 5.41) is 27.4. The van der Waals surface area contributed by atoms with Crippen molar-refractivity contribution in [3.05, 3.63) is 23.8 Å². The van der Waals surface area contributed by atoms with E-state index < -0.39 is 18.1 Å². The van der Waals surface area contributed by atoms with E-state index in [1.54, 1.807) is 6.07 Å². The summed E-state index contributed by atoms with van der Waals surface area (Å²) in [6, 6.07) is 3.32. The van der Waals surface area contributed by atoms with Crippen LogP contribution in [0.3, 0.4) is 0 Å². The van der Waals surface area contributed by atoms with Gasteiger partial charge >= 0.3 is 5.97 Å². The summed E-state index contributed by atoms with van der Waals surface area (Å²) < 4.78 is 4.77. The normalized spacial score (nSPS) is 13.9. The van der Waals surface area contributed by atoms with Crippen molar-refractivity contribution in [2.45, 2.75) is 25.5 Å². The molecule has 0 bridgehead atoms. The van der Waals surface area contributed by atoms with Crippen molar-refractivity contribution < 1.29 is 24.9 Å². The van der Waals surface area contributed by atoms with Crippen LogP contribution >= 0.6 is 0 Å². The zero-order valence-electron chi connectivity index (χ0n) is 10.0.